The fourth-order valence-corrected chi connectivity index (χ4v) is 3.67. The Labute approximate surface area is 156 Å². The van der Waals surface area contributed by atoms with Gasteiger partial charge in [-0.3, -0.25) is 19.3 Å². The van der Waals surface area contributed by atoms with Gasteiger partial charge in [-0.1, -0.05) is 38.0 Å². The average Bonchev–Trinajstić information content (AvgIpc) is 2.85. The monoisotopic (exact) mass is 375 g/mol. The lowest BCUT2D eigenvalue weighted by atomic mass is 9.85. The second-order valence-corrected chi connectivity index (χ2v) is 7.05. The van der Waals surface area contributed by atoms with Gasteiger partial charge >= 0.3 is 17.8 Å². The van der Waals surface area contributed by atoms with E-state index in [9.17, 15) is 23.6 Å². The molecule has 0 bridgehead atoms. The molecule has 1 N–H and O–H groups in total. The van der Waals surface area contributed by atoms with Gasteiger partial charge < -0.3 is 5.32 Å². The molecule has 1 saturated heterocycles. The lowest BCUT2D eigenvalue weighted by Gasteiger charge is -2.34. The molecule has 8 heteroatoms. The number of hydrogen-bond acceptors (Lipinski definition) is 4. The van der Waals surface area contributed by atoms with Crippen molar-refractivity contribution in [1.82, 2.24) is 15.1 Å². The van der Waals surface area contributed by atoms with Crippen LogP contribution in [0.1, 0.15) is 38.2 Å². The first kappa shape index (κ1) is 19.0. The van der Waals surface area contributed by atoms with E-state index < -0.39 is 36.1 Å². The van der Waals surface area contributed by atoms with E-state index in [4.69, 9.17) is 0 Å². The lowest BCUT2D eigenvalue weighted by Crippen LogP contribution is -2.47. The van der Waals surface area contributed by atoms with E-state index in [2.05, 4.69) is 5.32 Å². The minimum atomic E-state index is -0.987. The molecule has 1 aliphatic heterocycles. The van der Waals surface area contributed by atoms with Crippen LogP contribution in [-0.2, 0) is 20.9 Å². The van der Waals surface area contributed by atoms with Crippen LogP contribution < -0.4 is 5.32 Å². The van der Waals surface area contributed by atoms with Crippen LogP contribution in [0.3, 0.4) is 0 Å². The van der Waals surface area contributed by atoms with Gasteiger partial charge in [0.1, 0.15) is 12.4 Å². The number of benzene rings is 1. The third kappa shape index (κ3) is 3.84. The Morgan fingerprint density at radius 2 is 1.85 bits per heavy atom. The molecule has 144 valence electrons. The van der Waals surface area contributed by atoms with Crippen molar-refractivity contribution in [3.63, 3.8) is 0 Å². The topological polar surface area (TPSA) is 86.8 Å². The van der Waals surface area contributed by atoms with Crippen molar-refractivity contribution < 1.29 is 23.6 Å². The zero-order valence-corrected chi connectivity index (χ0v) is 15.1. The molecule has 2 aliphatic rings. The van der Waals surface area contributed by atoms with E-state index in [0.29, 0.717) is 16.9 Å². The summed E-state index contributed by atoms with van der Waals surface area (Å²) in [6.45, 7) is 1.33. The van der Waals surface area contributed by atoms with Crippen molar-refractivity contribution in [2.24, 2.45) is 5.92 Å². The van der Waals surface area contributed by atoms with Crippen molar-refractivity contribution in [3.05, 3.63) is 35.6 Å². The Balaban J connectivity index is 1.63. The number of hydrogen-bond donors (Lipinski definition) is 1. The van der Waals surface area contributed by atoms with Crippen LogP contribution in [0.15, 0.2) is 24.3 Å². The van der Waals surface area contributed by atoms with Gasteiger partial charge in [0.2, 0.25) is 5.91 Å². The molecule has 0 unspecified atom stereocenters. The van der Waals surface area contributed by atoms with Crippen molar-refractivity contribution in [1.29, 1.82) is 0 Å². The number of urea groups is 1. The van der Waals surface area contributed by atoms with Gasteiger partial charge in [-0.25, -0.2) is 14.1 Å². The number of carbonyl (C=O) groups is 4. The van der Waals surface area contributed by atoms with E-state index in [0.717, 1.165) is 24.2 Å². The van der Waals surface area contributed by atoms with Gasteiger partial charge in [0.05, 0.1) is 0 Å². The number of nitrogens with zero attached hydrogens (tertiary/aromatic N) is 2. The van der Waals surface area contributed by atoms with E-state index in [1.54, 1.807) is 6.07 Å². The maximum absolute atomic E-state index is 13.6. The molecule has 27 heavy (non-hydrogen) atoms. The Morgan fingerprint density at radius 1 is 1.15 bits per heavy atom. The van der Waals surface area contributed by atoms with Crippen LogP contribution in [0.5, 0.6) is 0 Å². The summed E-state index contributed by atoms with van der Waals surface area (Å²) in [5.74, 6) is -2.83. The quantitative estimate of drug-likeness (QED) is 0.628. The summed E-state index contributed by atoms with van der Waals surface area (Å²) >= 11 is 0. The largest absolute Gasteiger partial charge is 0.350 e. The Kier molecular flexibility index (Phi) is 5.53. The number of carbonyl (C=O) groups excluding carboxylic acids is 4. The molecule has 1 heterocycles. The number of imide groups is 2. The Morgan fingerprint density at radius 3 is 2.56 bits per heavy atom. The SMILES string of the molecule is C[C@H]1CCCC[C@H]1N1C(=O)C(=O)N(CC(=O)NCc2ccccc2F)C1=O. The third-order valence-electron chi connectivity index (χ3n) is 5.22. The van der Waals surface area contributed by atoms with Gasteiger partial charge in [-0.05, 0) is 24.8 Å². The van der Waals surface area contributed by atoms with Crippen LogP contribution in [0.2, 0.25) is 0 Å². The number of nitrogens with one attached hydrogen (secondary N) is 1. The van der Waals surface area contributed by atoms with Crippen LogP contribution >= 0.6 is 0 Å². The van der Waals surface area contributed by atoms with Crippen LogP contribution in [0, 0.1) is 11.7 Å². The van der Waals surface area contributed by atoms with Gasteiger partial charge in [-0.15, -0.1) is 0 Å². The molecule has 3 rings (SSSR count). The fraction of sp³-hybridized carbons (Fsp3) is 0.474. The zero-order chi connectivity index (χ0) is 19.6. The minimum absolute atomic E-state index is 0.0704. The summed E-state index contributed by atoms with van der Waals surface area (Å²) in [5.41, 5.74) is 0.290. The van der Waals surface area contributed by atoms with E-state index in [-0.39, 0.29) is 18.5 Å². The van der Waals surface area contributed by atoms with Gasteiger partial charge in [-0.2, -0.15) is 0 Å². The normalized spacial score (nSPS) is 23.1. The first-order valence-corrected chi connectivity index (χ1v) is 9.09. The van der Waals surface area contributed by atoms with Crippen LogP contribution in [0.4, 0.5) is 9.18 Å². The first-order chi connectivity index (χ1) is 12.9. The molecule has 0 radical (unpaired) electrons. The highest BCUT2D eigenvalue weighted by Crippen LogP contribution is 2.31. The molecule has 1 aliphatic carbocycles. The van der Waals surface area contributed by atoms with Gasteiger partial charge in [0.25, 0.3) is 0 Å². The van der Waals surface area contributed by atoms with E-state index in [1.807, 2.05) is 6.92 Å². The summed E-state index contributed by atoms with van der Waals surface area (Å²) < 4.78 is 13.6. The maximum Gasteiger partial charge on any atom is 0.334 e. The average molecular weight is 375 g/mol. The highest BCUT2D eigenvalue weighted by molar-refractivity contribution is 6.45. The predicted octanol–water partition coefficient (Wildman–Crippen LogP) is 1.81. The lowest BCUT2D eigenvalue weighted by molar-refractivity contribution is -0.145. The van der Waals surface area contributed by atoms with Crippen molar-refractivity contribution in [3.8, 4) is 0 Å². The smallest absolute Gasteiger partial charge is 0.334 e. The van der Waals surface area contributed by atoms with Gasteiger partial charge in [0, 0.05) is 18.2 Å². The summed E-state index contributed by atoms with van der Waals surface area (Å²) in [6.07, 6.45) is 3.48. The highest BCUT2D eigenvalue weighted by Gasteiger charge is 2.49. The second kappa shape index (κ2) is 7.85. The van der Waals surface area contributed by atoms with Gasteiger partial charge in [0.15, 0.2) is 0 Å². The summed E-state index contributed by atoms with van der Waals surface area (Å²) in [6, 6.07) is 4.92. The predicted molar refractivity (Wildman–Crippen MR) is 93.6 cm³/mol. The fourth-order valence-electron chi connectivity index (χ4n) is 3.67. The molecular weight excluding hydrogens is 353 g/mol. The zero-order valence-electron chi connectivity index (χ0n) is 15.1. The summed E-state index contributed by atoms with van der Waals surface area (Å²) in [5, 5.41) is 2.47. The second-order valence-electron chi connectivity index (χ2n) is 7.05. The molecule has 0 spiro atoms. The molecule has 0 aromatic heterocycles. The first-order valence-electron chi connectivity index (χ1n) is 9.09. The maximum atomic E-state index is 13.6. The third-order valence-corrected chi connectivity index (χ3v) is 5.22. The highest BCUT2D eigenvalue weighted by atomic mass is 19.1. The van der Waals surface area contributed by atoms with Crippen molar-refractivity contribution >= 4 is 23.8 Å². The van der Waals surface area contributed by atoms with Crippen molar-refractivity contribution in [2.45, 2.75) is 45.2 Å². The minimum Gasteiger partial charge on any atom is -0.350 e. The molecule has 1 aromatic rings. The molecule has 2 atom stereocenters. The standard InChI is InChI=1S/C19H22FN3O4/c1-12-6-2-5-9-15(12)23-18(26)17(25)22(19(23)27)11-16(24)21-10-13-7-3-4-8-14(13)20/h3-4,7-8,12,15H,2,5-6,9-11H2,1H3,(H,21,24)/t12-,15+/m0/s1. The Bertz CT molecular complexity index is 782. The molecule has 7 nitrogen and oxygen atoms in total. The van der Waals surface area contributed by atoms with E-state index >= 15 is 0 Å². The summed E-state index contributed by atoms with van der Waals surface area (Å²) in [4.78, 5) is 50.9. The molecule has 2 fully saturated rings. The molecule has 1 saturated carbocycles. The number of halogens is 1. The Hall–Kier alpha value is -2.77. The van der Waals surface area contributed by atoms with Crippen LogP contribution in [-0.4, -0.2) is 46.1 Å². The number of amides is 5. The molecule has 1 aromatic carbocycles. The molecule has 5 amide bonds. The molecular formula is C19H22FN3O4. The summed E-state index contributed by atoms with van der Waals surface area (Å²) in [7, 11) is 0. The van der Waals surface area contributed by atoms with Crippen LogP contribution in [0.25, 0.3) is 0 Å². The van der Waals surface area contributed by atoms with Crippen molar-refractivity contribution in [2.75, 3.05) is 6.54 Å². The number of rotatable bonds is 5. The van der Waals surface area contributed by atoms with E-state index in [1.165, 1.54) is 18.2 Å².